The Morgan fingerprint density at radius 2 is 2.06 bits per heavy atom. The largest absolute Gasteiger partial charge is 0.493 e. The van der Waals surface area contributed by atoms with Crippen molar-refractivity contribution in [2.45, 2.75) is 20.0 Å². The number of ketones is 1. The van der Waals surface area contributed by atoms with Crippen molar-refractivity contribution in [3.05, 3.63) is 28.8 Å². The van der Waals surface area contributed by atoms with E-state index in [9.17, 15) is 18.0 Å². The fourth-order valence-corrected chi connectivity index (χ4v) is 1.46. The lowest BCUT2D eigenvalue weighted by molar-refractivity contribution is -0.137. The molecule has 0 aromatic heterocycles. The second-order valence-corrected chi connectivity index (χ2v) is 3.49. The summed E-state index contributed by atoms with van der Waals surface area (Å²) in [4.78, 5) is 11.3. The van der Waals surface area contributed by atoms with E-state index < -0.39 is 23.1 Å². The quantitative estimate of drug-likeness (QED) is 0.781. The Balaban J connectivity index is 3.53. The molecule has 0 atom stereocenters. The maximum absolute atomic E-state index is 12.7. The highest BCUT2D eigenvalue weighted by Crippen LogP contribution is 2.35. The van der Waals surface area contributed by atoms with Crippen molar-refractivity contribution in [3.63, 3.8) is 0 Å². The number of nitrogens with zero attached hydrogens (tertiary/aromatic N) is 1. The van der Waals surface area contributed by atoms with E-state index in [1.165, 1.54) is 6.07 Å². The highest BCUT2D eigenvalue weighted by atomic mass is 19.4. The molecule has 0 N–H and O–H groups in total. The van der Waals surface area contributed by atoms with Gasteiger partial charge in [0.05, 0.1) is 29.4 Å². The van der Waals surface area contributed by atoms with Crippen LogP contribution in [-0.2, 0) is 6.18 Å². The van der Waals surface area contributed by atoms with Crippen LogP contribution in [0.3, 0.4) is 0 Å². The molecule has 0 saturated carbocycles. The van der Waals surface area contributed by atoms with Gasteiger partial charge in [0.15, 0.2) is 5.78 Å². The number of halogens is 3. The van der Waals surface area contributed by atoms with Crippen molar-refractivity contribution in [2.24, 2.45) is 0 Å². The maximum Gasteiger partial charge on any atom is 0.417 e. The van der Waals surface area contributed by atoms with Gasteiger partial charge in [0.2, 0.25) is 0 Å². The highest BCUT2D eigenvalue weighted by Gasteiger charge is 2.35. The van der Waals surface area contributed by atoms with Gasteiger partial charge in [-0.15, -0.1) is 0 Å². The van der Waals surface area contributed by atoms with Crippen LogP contribution in [0.25, 0.3) is 0 Å². The zero-order chi connectivity index (χ0) is 13.9. The van der Waals surface area contributed by atoms with Crippen LogP contribution in [0, 0.1) is 11.3 Å². The van der Waals surface area contributed by atoms with E-state index in [-0.39, 0.29) is 17.9 Å². The summed E-state index contributed by atoms with van der Waals surface area (Å²) in [7, 11) is 0. The summed E-state index contributed by atoms with van der Waals surface area (Å²) in [6.45, 7) is 2.97. The Bertz CT molecular complexity index is 515. The van der Waals surface area contributed by atoms with Crippen LogP contribution in [0.15, 0.2) is 12.1 Å². The number of alkyl halides is 3. The standard InChI is InChI=1S/C12H10F3NO2/c1-3-18-11-4-8(6-16)10(12(13,14)15)5-9(11)7(2)17/h4-5H,3H2,1-2H3. The number of carbonyl (C=O) groups is 1. The van der Waals surface area contributed by atoms with E-state index in [4.69, 9.17) is 10.00 Å². The van der Waals surface area contributed by atoms with E-state index >= 15 is 0 Å². The number of rotatable bonds is 3. The van der Waals surface area contributed by atoms with Crippen LogP contribution < -0.4 is 4.74 Å². The summed E-state index contributed by atoms with van der Waals surface area (Å²) >= 11 is 0. The fourth-order valence-electron chi connectivity index (χ4n) is 1.46. The third-order valence-corrected chi connectivity index (χ3v) is 2.22. The van der Waals surface area contributed by atoms with Gasteiger partial charge in [-0.2, -0.15) is 18.4 Å². The van der Waals surface area contributed by atoms with Gasteiger partial charge >= 0.3 is 6.18 Å². The fraction of sp³-hybridized carbons (Fsp3) is 0.333. The number of nitriles is 1. The van der Waals surface area contributed by atoms with E-state index in [0.29, 0.717) is 6.07 Å². The molecule has 0 aliphatic heterocycles. The third-order valence-electron chi connectivity index (χ3n) is 2.22. The van der Waals surface area contributed by atoms with Gasteiger partial charge in [0.1, 0.15) is 5.75 Å². The summed E-state index contributed by atoms with van der Waals surface area (Å²) in [5, 5.41) is 8.71. The molecule has 0 saturated heterocycles. The van der Waals surface area contributed by atoms with Crippen molar-refractivity contribution < 1.29 is 22.7 Å². The first kappa shape index (κ1) is 14.0. The Labute approximate surface area is 102 Å². The highest BCUT2D eigenvalue weighted by molar-refractivity contribution is 5.97. The minimum Gasteiger partial charge on any atom is -0.493 e. The second-order valence-electron chi connectivity index (χ2n) is 3.49. The van der Waals surface area contributed by atoms with Crippen molar-refractivity contribution in [1.82, 2.24) is 0 Å². The van der Waals surface area contributed by atoms with Crippen LogP contribution in [0.5, 0.6) is 5.75 Å². The Morgan fingerprint density at radius 3 is 2.44 bits per heavy atom. The zero-order valence-corrected chi connectivity index (χ0v) is 9.76. The van der Waals surface area contributed by atoms with Crippen molar-refractivity contribution in [1.29, 1.82) is 5.26 Å². The number of hydrogen-bond acceptors (Lipinski definition) is 3. The molecule has 0 unspecified atom stereocenters. The number of benzene rings is 1. The monoisotopic (exact) mass is 257 g/mol. The summed E-state index contributed by atoms with van der Waals surface area (Å²) in [5.74, 6) is -0.553. The topological polar surface area (TPSA) is 50.1 Å². The predicted octanol–water partition coefficient (Wildman–Crippen LogP) is 3.18. The Kier molecular flexibility index (Phi) is 3.96. The second kappa shape index (κ2) is 5.08. The minimum atomic E-state index is -4.68. The van der Waals surface area contributed by atoms with Gasteiger partial charge < -0.3 is 4.74 Å². The number of hydrogen-bond donors (Lipinski definition) is 0. The van der Waals surface area contributed by atoms with E-state index in [1.54, 1.807) is 6.92 Å². The lowest BCUT2D eigenvalue weighted by Gasteiger charge is -2.13. The lowest BCUT2D eigenvalue weighted by atomic mass is 10.0. The molecule has 0 aliphatic rings. The molecule has 0 bridgehead atoms. The molecular weight excluding hydrogens is 247 g/mol. The van der Waals surface area contributed by atoms with Crippen LogP contribution in [0.2, 0.25) is 0 Å². The normalized spacial score (nSPS) is 10.9. The molecule has 1 aromatic rings. The van der Waals surface area contributed by atoms with Crippen LogP contribution in [-0.4, -0.2) is 12.4 Å². The van der Waals surface area contributed by atoms with E-state index in [1.807, 2.05) is 0 Å². The molecule has 0 fully saturated rings. The molecule has 96 valence electrons. The van der Waals surface area contributed by atoms with Gasteiger partial charge in [-0.1, -0.05) is 0 Å². The minimum absolute atomic E-state index is 0.00505. The van der Waals surface area contributed by atoms with Crippen molar-refractivity contribution in [2.75, 3.05) is 6.61 Å². The summed E-state index contributed by atoms with van der Waals surface area (Å²) < 4.78 is 43.1. The molecule has 0 spiro atoms. The smallest absolute Gasteiger partial charge is 0.417 e. The van der Waals surface area contributed by atoms with Crippen LogP contribution in [0.1, 0.15) is 35.3 Å². The Hall–Kier alpha value is -2.03. The molecule has 6 heteroatoms. The number of Topliss-reactive ketones (excluding diaryl/α,β-unsaturated/α-hetero) is 1. The molecule has 1 rings (SSSR count). The van der Waals surface area contributed by atoms with Crippen LogP contribution in [0.4, 0.5) is 13.2 Å². The first-order valence-corrected chi connectivity index (χ1v) is 5.10. The summed E-state index contributed by atoms with van der Waals surface area (Å²) in [6, 6.07) is 3.06. The average molecular weight is 257 g/mol. The third kappa shape index (κ3) is 2.80. The maximum atomic E-state index is 12.7. The first-order valence-electron chi connectivity index (χ1n) is 5.10. The summed E-state index contributed by atoms with van der Waals surface area (Å²) in [5.41, 5.74) is -1.86. The molecule has 0 amide bonds. The Morgan fingerprint density at radius 1 is 1.44 bits per heavy atom. The van der Waals surface area contributed by atoms with Gasteiger partial charge in [0, 0.05) is 0 Å². The number of carbonyl (C=O) groups excluding carboxylic acids is 1. The molecule has 0 heterocycles. The SMILES string of the molecule is CCOc1cc(C#N)c(C(F)(F)F)cc1C(C)=O. The zero-order valence-electron chi connectivity index (χ0n) is 9.76. The molecule has 18 heavy (non-hydrogen) atoms. The van der Waals surface area contributed by atoms with Crippen molar-refractivity contribution in [3.8, 4) is 11.8 Å². The van der Waals surface area contributed by atoms with E-state index in [0.717, 1.165) is 13.0 Å². The molecule has 0 radical (unpaired) electrons. The van der Waals surface area contributed by atoms with E-state index in [2.05, 4.69) is 0 Å². The van der Waals surface area contributed by atoms with Gasteiger partial charge in [0.25, 0.3) is 0 Å². The average Bonchev–Trinajstić information content (AvgIpc) is 2.27. The van der Waals surface area contributed by atoms with Crippen LogP contribution >= 0.6 is 0 Å². The van der Waals surface area contributed by atoms with Gasteiger partial charge in [-0.25, -0.2) is 0 Å². The van der Waals surface area contributed by atoms with Crippen molar-refractivity contribution >= 4 is 5.78 Å². The molecular formula is C12H10F3NO2. The first-order chi connectivity index (χ1) is 8.31. The predicted molar refractivity (Wildman–Crippen MR) is 57.3 cm³/mol. The van der Waals surface area contributed by atoms with Gasteiger partial charge in [-0.05, 0) is 26.0 Å². The summed E-state index contributed by atoms with van der Waals surface area (Å²) in [6.07, 6.45) is -4.68. The molecule has 0 aliphatic carbocycles. The molecule has 3 nitrogen and oxygen atoms in total. The molecule has 1 aromatic carbocycles. The number of ether oxygens (including phenoxy) is 1. The van der Waals surface area contributed by atoms with Gasteiger partial charge in [-0.3, -0.25) is 4.79 Å². The lowest BCUT2D eigenvalue weighted by Crippen LogP contribution is -2.11.